The van der Waals surface area contributed by atoms with Gasteiger partial charge in [0.1, 0.15) is 24.9 Å². The van der Waals surface area contributed by atoms with Gasteiger partial charge in [-0.05, 0) is 12.8 Å². The van der Waals surface area contributed by atoms with Crippen LogP contribution in [0.3, 0.4) is 0 Å². The summed E-state index contributed by atoms with van der Waals surface area (Å²) in [5.41, 5.74) is 0. The maximum Gasteiger partial charge on any atom is 0.305 e. The average Bonchev–Trinajstić information content (AvgIpc) is 3.05. The highest BCUT2D eigenvalue weighted by molar-refractivity contribution is 5.83. The van der Waals surface area contributed by atoms with Crippen molar-refractivity contribution < 1.29 is 34.4 Å². The second-order valence-electron chi connectivity index (χ2n) is 13.2. The molecule has 3 unspecified atom stereocenters. The second kappa shape index (κ2) is 34.3. The number of unbranched alkanes of at least 4 members (excludes halogenated alkanes) is 24. The minimum atomic E-state index is -1.38. The molecular weight excluding hydrogens is 568 g/mol. The molecule has 45 heavy (non-hydrogen) atoms. The number of carbonyl (C=O) groups is 2. The molecule has 0 rings (SSSR count). The molecule has 3 N–H and O–H groups in total. The predicted octanol–water partition coefficient (Wildman–Crippen LogP) is 9.16. The van der Waals surface area contributed by atoms with Crippen molar-refractivity contribution >= 4 is 11.8 Å². The molecule has 0 fully saturated rings. The van der Waals surface area contributed by atoms with E-state index in [4.69, 9.17) is 9.47 Å². The zero-order valence-corrected chi connectivity index (χ0v) is 29.6. The molecule has 0 aliphatic heterocycles. The van der Waals surface area contributed by atoms with E-state index in [0.29, 0.717) is 12.8 Å². The molecule has 0 saturated heterocycles. The summed E-state index contributed by atoms with van der Waals surface area (Å²) in [6.07, 6.45) is 28.8. The standard InChI is InChI=1S/C38H74O7/c1-3-5-7-9-11-13-15-17-19-21-23-25-27-29-35(41)38(36(42)32-40)45-34(31-39)33-44-37(43)30-28-26-24-22-20-18-16-14-12-10-8-6-4-2/h34,36,38-40,42H,3-33H2,1-2H3. The van der Waals surface area contributed by atoms with Crippen LogP contribution in [0, 0.1) is 0 Å². The van der Waals surface area contributed by atoms with Crippen LogP contribution in [-0.4, -0.2) is 65.2 Å². The highest BCUT2D eigenvalue weighted by Crippen LogP contribution is 2.16. The Labute approximate surface area is 277 Å². The topological polar surface area (TPSA) is 113 Å². The van der Waals surface area contributed by atoms with Crippen molar-refractivity contribution in [2.24, 2.45) is 0 Å². The van der Waals surface area contributed by atoms with E-state index in [1.165, 1.54) is 128 Å². The van der Waals surface area contributed by atoms with Gasteiger partial charge in [-0.1, -0.05) is 168 Å². The zero-order chi connectivity index (χ0) is 33.2. The smallest absolute Gasteiger partial charge is 0.305 e. The molecule has 268 valence electrons. The van der Waals surface area contributed by atoms with Crippen LogP contribution in [0.2, 0.25) is 0 Å². The van der Waals surface area contributed by atoms with E-state index in [1.807, 2.05) is 0 Å². The van der Waals surface area contributed by atoms with Crippen LogP contribution < -0.4 is 0 Å². The molecule has 0 bridgehead atoms. The summed E-state index contributed by atoms with van der Waals surface area (Å²) < 4.78 is 11.0. The number of esters is 1. The summed E-state index contributed by atoms with van der Waals surface area (Å²) in [6.45, 7) is 3.24. The highest BCUT2D eigenvalue weighted by Gasteiger charge is 2.30. The lowest BCUT2D eigenvalue weighted by Crippen LogP contribution is -2.43. The Morgan fingerprint density at radius 1 is 0.511 bits per heavy atom. The Hall–Kier alpha value is -1.02. The van der Waals surface area contributed by atoms with Crippen LogP contribution in [0.25, 0.3) is 0 Å². The summed E-state index contributed by atoms with van der Waals surface area (Å²) in [6, 6.07) is 0. The van der Waals surface area contributed by atoms with Crippen molar-refractivity contribution in [3.8, 4) is 0 Å². The molecule has 0 aliphatic rings. The van der Waals surface area contributed by atoms with Crippen molar-refractivity contribution in [3.63, 3.8) is 0 Å². The first-order chi connectivity index (χ1) is 22.0. The van der Waals surface area contributed by atoms with E-state index in [-0.39, 0.29) is 24.8 Å². The average molecular weight is 643 g/mol. The van der Waals surface area contributed by atoms with E-state index in [1.54, 1.807) is 0 Å². The lowest BCUT2D eigenvalue weighted by atomic mass is 10.0. The van der Waals surface area contributed by atoms with E-state index < -0.39 is 31.5 Å². The fraction of sp³-hybridized carbons (Fsp3) is 0.947. The van der Waals surface area contributed by atoms with Gasteiger partial charge < -0.3 is 24.8 Å². The zero-order valence-electron chi connectivity index (χ0n) is 29.6. The maximum absolute atomic E-state index is 12.8. The fourth-order valence-corrected chi connectivity index (χ4v) is 5.82. The van der Waals surface area contributed by atoms with Gasteiger partial charge in [-0.2, -0.15) is 0 Å². The van der Waals surface area contributed by atoms with E-state index in [2.05, 4.69) is 13.8 Å². The van der Waals surface area contributed by atoms with Gasteiger partial charge in [0, 0.05) is 12.8 Å². The number of rotatable bonds is 36. The first-order valence-corrected chi connectivity index (χ1v) is 19.2. The first-order valence-electron chi connectivity index (χ1n) is 19.2. The lowest BCUT2D eigenvalue weighted by Gasteiger charge is -2.25. The summed E-state index contributed by atoms with van der Waals surface area (Å²) in [7, 11) is 0. The van der Waals surface area contributed by atoms with Crippen molar-refractivity contribution in [2.75, 3.05) is 19.8 Å². The van der Waals surface area contributed by atoms with Gasteiger partial charge in [-0.25, -0.2) is 0 Å². The molecule has 0 aromatic heterocycles. The Kier molecular flexibility index (Phi) is 33.5. The molecule has 0 aliphatic carbocycles. The third-order valence-corrected chi connectivity index (χ3v) is 8.84. The molecule has 7 nitrogen and oxygen atoms in total. The van der Waals surface area contributed by atoms with Crippen LogP contribution in [0.1, 0.15) is 194 Å². The van der Waals surface area contributed by atoms with E-state index >= 15 is 0 Å². The largest absolute Gasteiger partial charge is 0.463 e. The maximum atomic E-state index is 12.8. The molecule has 3 atom stereocenters. The number of carbonyl (C=O) groups excluding carboxylic acids is 2. The fourth-order valence-electron chi connectivity index (χ4n) is 5.82. The van der Waals surface area contributed by atoms with Gasteiger partial charge in [0.2, 0.25) is 0 Å². The minimum absolute atomic E-state index is 0.186. The number of aliphatic hydroxyl groups excluding tert-OH is 3. The quantitative estimate of drug-likeness (QED) is 0.0461. The minimum Gasteiger partial charge on any atom is -0.463 e. The van der Waals surface area contributed by atoms with Crippen LogP contribution in [-0.2, 0) is 19.1 Å². The molecule has 0 aromatic carbocycles. The Bertz CT molecular complexity index is 642. The van der Waals surface area contributed by atoms with Crippen LogP contribution in [0.15, 0.2) is 0 Å². The number of ether oxygens (including phenoxy) is 2. The molecule has 0 saturated carbocycles. The highest BCUT2D eigenvalue weighted by atomic mass is 16.6. The second-order valence-corrected chi connectivity index (χ2v) is 13.2. The first kappa shape index (κ1) is 44.0. The van der Waals surface area contributed by atoms with Gasteiger partial charge >= 0.3 is 5.97 Å². The van der Waals surface area contributed by atoms with Crippen LogP contribution in [0.5, 0.6) is 0 Å². The van der Waals surface area contributed by atoms with Crippen molar-refractivity contribution in [1.29, 1.82) is 0 Å². The molecule has 0 aromatic rings. The van der Waals surface area contributed by atoms with Gasteiger partial charge in [-0.3, -0.25) is 9.59 Å². The molecule has 7 heteroatoms. The molecule has 0 amide bonds. The number of Topliss-reactive ketones (excluding diaryl/α,β-unsaturated/α-hetero) is 1. The van der Waals surface area contributed by atoms with E-state index in [9.17, 15) is 24.9 Å². The Balaban J connectivity index is 4.00. The van der Waals surface area contributed by atoms with Crippen molar-refractivity contribution in [1.82, 2.24) is 0 Å². The van der Waals surface area contributed by atoms with Gasteiger partial charge in [0.05, 0.1) is 13.2 Å². The molecule has 0 heterocycles. The summed E-state index contributed by atoms with van der Waals surface area (Å²) in [5, 5.41) is 29.4. The van der Waals surface area contributed by atoms with Gasteiger partial charge in [-0.15, -0.1) is 0 Å². The number of ketones is 1. The Morgan fingerprint density at radius 2 is 0.867 bits per heavy atom. The van der Waals surface area contributed by atoms with E-state index in [0.717, 1.165) is 32.1 Å². The number of aliphatic hydroxyl groups is 3. The van der Waals surface area contributed by atoms with Crippen molar-refractivity contribution in [2.45, 2.75) is 212 Å². The number of hydrogen-bond acceptors (Lipinski definition) is 7. The predicted molar refractivity (Wildman–Crippen MR) is 185 cm³/mol. The van der Waals surface area contributed by atoms with Crippen molar-refractivity contribution in [3.05, 3.63) is 0 Å². The molecule has 0 radical (unpaired) electrons. The van der Waals surface area contributed by atoms with Crippen LogP contribution >= 0.6 is 0 Å². The SMILES string of the molecule is CCCCCCCCCCCCCCCC(=O)OCC(CO)OC(C(=O)CCCCCCCCCCCCCCC)C(O)CO. The van der Waals surface area contributed by atoms with Crippen LogP contribution in [0.4, 0.5) is 0 Å². The monoisotopic (exact) mass is 643 g/mol. The molecular formula is C38H74O7. The third kappa shape index (κ3) is 28.9. The van der Waals surface area contributed by atoms with Gasteiger partial charge in [0.25, 0.3) is 0 Å². The summed E-state index contributed by atoms with van der Waals surface area (Å²) in [5.74, 6) is -0.644. The summed E-state index contributed by atoms with van der Waals surface area (Å²) in [4.78, 5) is 25.0. The number of hydrogen-bond donors (Lipinski definition) is 3. The third-order valence-electron chi connectivity index (χ3n) is 8.84. The van der Waals surface area contributed by atoms with Gasteiger partial charge in [0.15, 0.2) is 5.78 Å². The Morgan fingerprint density at radius 3 is 1.22 bits per heavy atom. The summed E-state index contributed by atoms with van der Waals surface area (Å²) >= 11 is 0. The normalized spacial score (nSPS) is 13.5. The molecule has 0 spiro atoms. The lowest BCUT2D eigenvalue weighted by molar-refractivity contribution is -0.163.